The van der Waals surface area contributed by atoms with Crippen LogP contribution in [0.4, 0.5) is 0 Å². The molecule has 0 aromatic carbocycles. The molecule has 0 atom stereocenters. The fourth-order valence-corrected chi connectivity index (χ4v) is 3.88. The minimum Gasteiger partial charge on any atom is -0.314 e. The second-order valence-electron chi connectivity index (χ2n) is 7.29. The lowest BCUT2D eigenvalue weighted by atomic mass is 9.79. The van der Waals surface area contributed by atoms with E-state index in [2.05, 4.69) is 24.1 Å². The molecule has 2 rings (SSSR count). The van der Waals surface area contributed by atoms with Gasteiger partial charge in [-0.15, -0.1) is 0 Å². The van der Waals surface area contributed by atoms with E-state index < -0.39 is 0 Å². The Labute approximate surface area is 120 Å². The third kappa shape index (κ3) is 5.07. The van der Waals surface area contributed by atoms with Gasteiger partial charge in [0.15, 0.2) is 0 Å². The van der Waals surface area contributed by atoms with Gasteiger partial charge in [-0.2, -0.15) is 0 Å². The molecule has 1 saturated heterocycles. The number of piperidine rings is 1. The topological polar surface area (TPSA) is 15.3 Å². The summed E-state index contributed by atoms with van der Waals surface area (Å²) in [4.78, 5) is 2.76. The molecule has 0 radical (unpaired) electrons. The average molecular weight is 266 g/mol. The number of hydrogen-bond acceptors (Lipinski definition) is 2. The van der Waals surface area contributed by atoms with Crippen molar-refractivity contribution >= 4 is 0 Å². The summed E-state index contributed by atoms with van der Waals surface area (Å²) >= 11 is 0. The van der Waals surface area contributed by atoms with Crippen LogP contribution in [0.25, 0.3) is 0 Å². The first kappa shape index (κ1) is 15.3. The molecule has 1 heterocycles. The van der Waals surface area contributed by atoms with Crippen molar-refractivity contribution in [1.29, 1.82) is 0 Å². The zero-order valence-electron chi connectivity index (χ0n) is 13.2. The second-order valence-corrected chi connectivity index (χ2v) is 7.29. The van der Waals surface area contributed by atoms with Crippen LogP contribution in [-0.2, 0) is 0 Å². The van der Waals surface area contributed by atoms with Crippen molar-refractivity contribution in [1.82, 2.24) is 10.2 Å². The van der Waals surface area contributed by atoms with E-state index in [1.165, 1.54) is 84.0 Å². The van der Waals surface area contributed by atoms with Crippen LogP contribution >= 0.6 is 0 Å². The Kier molecular flexibility index (Phi) is 6.15. The molecule has 2 nitrogen and oxygen atoms in total. The highest BCUT2D eigenvalue weighted by Gasteiger charge is 2.33. The number of nitrogens with zero attached hydrogens (tertiary/aromatic N) is 1. The van der Waals surface area contributed by atoms with E-state index in [1.807, 2.05) is 0 Å². The van der Waals surface area contributed by atoms with E-state index in [1.54, 1.807) is 0 Å². The van der Waals surface area contributed by atoms with E-state index in [-0.39, 0.29) is 0 Å². The Morgan fingerprint density at radius 2 is 1.47 bits per heavy atom. The Morgan fingerprint density at radius 3 is 2.05 bits per heavy atom. The first-order valence-corrected chi connectivity index (χ1v) is 8.66. The molecule has 2 aliphatic rings. The van der Waals surface area contributed by atoms with Crippen molar-refractivity contribution in [2.45, 2.75) is 77.7 Å². The van der Waals surface area contributed by atoms with Crippen LogP contribution in [-0.4, -0.2) is 37.1 Å². The van der Waals surface area contributed by atoms with Crippen molar-refractivity contribution < 1.29 is 0 Å². The largest absolute Gasteiger partial charge is 0.314 e. The predicted octanol–water partition coefficient (Wildman–Crippen LogP) is 3.81. The summed E-state index contributed by atoms with van der Waals surface area (Å²) < 4.78 is 0. The molecule has 0 aromatic heterocycles. The number of hydrogen-bond donors (Lipinski definition) is 1. The number of likely N-dealkylation sites (tertiary alicyclic amines) is 1. The minimum atomic E-state index is 0.568. The van der Waals surface area contributed by atoms with Gasteiger partial charge in [0.25, 0.3) is 0 Å². The van der Waals surface area contributed by atoms with Gasteiger partial charge in [0.2, 0.25) is 0 Å². The summed E-state index contributed by atoms with van der Waals surface area (Å²) in [5.74, 6) is 0. The summed E-state index contributed by atoms with van der Waals surface area (Å²) in [6.45, 7) is 9.86. The van der Waals surface area contributed by atoms with E-state index in [4.69, 9.17) is 0 Å². The molecule has 2 fully saturated rings. The molecule has 0 aromatic rings. The molecule has 1 saturated carbocycles. The van der Waals surface area contributed by atoms with Gasteiger partial charge in [-0.1, -0.05) is 46.0 Å². The summed E-state index contributed by atoms with van der Waals surface area (Å²) in [5, 5.41) is 3.75. The lowest BCUT2D eigenvalue weighted by molar-refractivity contribution is 0.109. The van der Waals surface area contributed by atoms with Gasteiger partial charge in [-0.3, -0.25) is 0 Å². The molecule has 1 N–H and O–H groups in total. The zero-order valence-corrected chi connectivity index (χ0v) is 13.2. The van der Waals surface area contributed by atoms with Crippen LogP contribution < -0.4 is 5.32 Å². The van der Waals surface area contributed by atoms with Crippen LogP contribution in [0.1, 0.15) is 71.6 Å². The SMILES string of the molecule is CC(C)NCC1(CN2CCCCC2)CCCCCC1. The van der Waals surface area contributed by atoms with Crippen LogP contribution in [0.15, 0.2) is 0 Å². The third-order valence-electron chi connectivity index (χ3n) is 5.06. The molecule has 19 heavy (non-hydrogen) atoms. The Morgan fingerprint density at radius 1 is 0.895 bits per heavy atom. The molecule has 112 valence electrons. The van der Waals surface area contributed by atoms with Crippen molar-refractivity contribution in [2.75, 3.05) is 26.2 Å². The Balaban J connectivity index is 1.94. The summed E-state index contributed by atoms with van der Waals surface area (Å²) in [7, 11) is 0. The van der Waals surface area contributed by atoms with Crippen molar-refractivity contribution in [3.63, 3.8) is 0 Å². The van der Waals surface area contributed by atoms with Gasteiger partial charge < -0.3 is 10.2 Å². The van der Waals surface area contributed by atoms with Gasteiger partial charge in [0, 0.05) is 19.1 Å². The average Bonchev–Trinajstić information content (AvgIpc) is 2.64. The van der Waals surface area contributed by atoms with E-state index >= 15 is 0 Å². The zero-order chi connectivity index (χ0) is 13.6. The maximum Gasteiger partial charge on any atom is 0.00501 e. The molecule has 0 spiro atoms. The first-order chi connectivity index (χ1) is 9.20. The maximum atomic E-state index is 3.75. The van der Waals surface area contributed by atoms with Gasteiger partial charge in [0.05, 0.1) is 0 Å². The van der Waals surface area contributed by atoms with Crippen LogP contribution in [0.5, 0.6) is 0 Å². The predicted molar refractivity (Wildman–Crippen MR) is 83.6 cm³/mol. The van der Waals surface area contributed by atoms with E-state index in [0.29, 0.717) is 11.5 Å². The molecule has 2 heteroatoms. The highest BCUT2D eigenvalue weighted by Crippen LogP contribution is 2.36. The lowest BCUT2D eigenvalue weighted by Crippen LogP contribution is -2.46. The third-order valence-corrected chi connectivity index (χ3v) is 5.06. The molecule has 0 unspecified atom stereocenters. The molecule has 0 amide bonds. The molecule has 0 bridgehead atoms. The maximum absolute atomic E-state index is 3.75. The minimum absolute atomic E-state index is 0.568. The van der Waals surface area contributed by atoms with Gasteiger partial charge >= 0.3 is 0 Å². The van der Waals surface area contributed by atoms with Crippen molar-refractivity contribution in [3.8, 4) is 0 Å². The summed E-state index contributed by atoms with van der Waals surface area (Å²) in [6.07, 6.45) is 13.0. The monoisotopic (exact) mass is 266 g/mol. The smallest absolute Gasteiger partial charge is 0.00501 e. The quantitative estimate of drug-likeness (QED) is 0.761. The Hall–Kier alpha value is -0.0800. The fourth-order valence-electron chi connectivity index (χ4n) is 3.88. The highest BCUT2D eigenvalue weighted by atomic mass is 15.1. The van der Waals surface area contributed by atoms with Crippen molar-refractivity contribution in [3.05, 3.63) is 0 Å². The van der Waals surface area contributed by atoms with Gasteiger partial charge in [-0.25, -0.2) is 0 Å². The first-order valence-electron chi connectivity index (χ1n) is 8.66. The number of rotatable bonds is 5. The standard InChI is InChI=1S/C17H34N2/c1-16(2)18-14-17(10-6-3-4-7-11-17)15-19-12-8-5-9-13-19/h16,18H,3-15H2,1-2H3. The van der Waals surface area contributed by atoms with Crippen molar-refractivity contribution in [2.24, 2.45) is 5.41 Å². The molecular weight excluding hydrogens is 232 g/mol. The fraction of sp³-hybridized carbons (Fsp3) is 1.00. The molecular formula is C17H34N2. The van der Waals surface area contributed by atoms with E-state index in [9.17, 15) is 0 Å². The highest BCUT2D eigenvalue weighted by molar-refractivity contribution is 4.88. The second kappa shape index (κ2) is 7.64. The summed E-state index contributed by atoms with van der Waals surface area (Å²) in [5.41, 5.74) is 0.568. The summed E-state index contributed by atoms with van der Waals surface area (Å²) in [6, 6.07) is 0.626. The molecule has 1 aliphatic heterocycles. The van der Waals surface area contributed by atoms with Crippen LogP contribution in [0.2, 0.25) is 0 Å². The lowest BCUT2D eigenvalue weighted by Gasteiger charge is -2.40. The van der Waals surface area contributed by atoms with Crippen LogP contribution in [0, 0.1) is 5.41 Å². The van der Waals surface area contributed by atoms with E-state index in [0.717, 1.165) is 0 Å². The number of nitrogens with one attached hydrogen (secondary N) is 1. The van der Waals surface area contributed by atoms with Gasteiger partial charge in [-0.05, 0) is 44.2 Å². The van der Waals surface area contributed by atoms with Gasteiger partial charge in [0.1, 0.15) is 0 Å². The van der Waals surface area contributed by atoms with Crippen LogP contribution in [0.3, 0.4) is 0 Å². The molecule has 1 aliphatic carbocycles. The Bertz CT molecular complexity index is 236. The normalized spacial score (nSPS) is 25.4.